The number of carboxylic acid groups (broad SMARTS) is 1. The minimum Gasteiger partial charge on any atom is -0.478 e. The molecule has 2 fully saturated rings. The molecule has 0 unspecified atom stereocenters. The molecule has 1 heterocycles. The van der Waals surface area contributed by atoms with E-state index in [0.29, 0.717) is 6.04 Å². The lowest BCUT2D eigenvalue weighted by atomic mass is 9.87. The van der Waals surface area contributed by atoms with Gasteiger partial charge in [-0.2, -0.15) is 0 Å². The highest BCUT2D eigenvalue weighted by molar-refractivity contribution is 5.80. The summed E-state index contributed by atoms with van der Waals surface area (Å²) in [5.74, 6) is 0.0996. The molecule has 1 saturated heterocycles. The minimum absolute atomic E-state index is 0.702. The van der Waals surface area contributed by atoms with E-state index < -0.39 is 5.97 Å². The first-order valence-corrected chi connectivity index (χ1v) is 6.81. The normalized spacial score (nSPS) is 28.1. The molecule has 1 aliphatic carbocycles. The molecule has 0 aromatic rings. The number of aliphatic carboxylic acids is 1. The zero-order chi connectivity index (χ0) is 12.3. The van der Waals surface area contributed by atoms with Gasteiger partial charge in [-0.05, 0) is 57.5 Å². The summed E-state index contributed by atoms with van der Waals surface area (Å²) in [5.41, 5.74) is 1.12. The Morgan fingerprint density at radius 1 is 1.24 bits per heavy atom. The molecule has 96 valence electrons. The number of hydrogen-bond donors (Lipinski definition) is 1. The summed E-state index contributed by atoms with van der Waals surface area (Å²) in [6, 6.07) is 0.702. The Kier molecular flexibility index (Phi) is 4.21. The molecule has 1 N–H and O–H groups in total. The quantitative estimate of drug-likeness (QED) is 0.751. The molecule has 0 bridgehead atoms. The van der Waals surface area contributed by atoms with E-state index in [9.17, 15) is 4.79 Å². The Balaban J connectivity index is 1.81. The van der Waals surface area contributed by atoms with Crippen molar-refractivity contribution >= 4 is 5.97 Å². The van der Waals surface area contributed by atoms with E-state index in [-0.39, 0.29) is 0 Å². The number of rotatable bonds is 2. The summed E-state index contributed by atoms with van der Waals surface area (Å²) in [7, 11) is 0. The maximum atomic E-state index is 10.6. The first-order valence-electron chi connectivity index (χ1n) is 6.81. The number of carboxylic acids is 1. The first kappa shape index (κ1) is 12.6. The fraction of sp³-hybridized carbons (Fsp3) is 0.786. The van der Waals surface area contributed by atoms with Gasteiger partial charge in [0.2, 0.25) is 0 Å². The van der Waals surface area contributed by atoms with Crippen molar-refractivity contribution < 1.29 is 9.90 Å². The molecule has 0 aromatic carbocycles. The number of nitrogens with zero attached hydrogens (tertiary/aromatic N) is 1. The second-order valence-corrected chi connectivity index (χ2v) is 5.59. The topological polar surface area (TPSA) is 40.5 Å². The van der Waals surface area contributed by atoms with E-state index in [1.54, 1.807) is 0 Å². The molecule has 0 aromatic heterocycles. The maximum absolute atomic E-state index is 10.6. The molecule has 0 atom stereocenters. The average Bonchev–Trinajstić information content (AvgIpc) is 2.30. The van der Waals surface area contributed by atoms with Crippen molar-refractivity contribution in [3.8, 4) is 0 Å². The van der Waals surface area contributed by atoms with Gasteiger partial charge in [0, 0.05) is 12.1 Å². The molecule has 0 radical (unpaired) electrons. The molecule has 2 rings (SSSR count). The van der Waals surface area contributed by atoms with Gasteiger partial charge in [-0.1, -0.05) is 12.5 Å². The first-order chi connectivity index (χ1) is 8.15. The summed E-state index contributed by atoms with van der Waals surface area (Å²) in [5, 5.41) is 8.72. The maximum Gasteiger partial charge on any atom is 0.328 e. The average molecular weight is 237 g/mol. The third-order valence-electron chi connectivity index (χ3n) is 4.26. The van der Waals surface area contributed by atoms with Crippen LogP contribution in [0.4, 0.5) is 0 Å². The Labute approximate surface area is 103 Å². The number of hydrogen-bond acceptors (Lipinski definition) is 2. The predicted octanol–water partition coefficient (Wildman–Crippen LogP) is 2.67. The van der Waals surface area contributed by atoms with Gasteiger partial charge >= 0.3 is 5.97 Å². The Morgan fingerprint density at radius 2 is 1.82 bits per heavy atom. The largest absolute Gasteiger partial charge is 0.478 e. The minimum atomic E-state index is -0.787. The number of carbonyl (C=O) groups is 1. The van der Waals surface area contributed by atoms with Gasteiger partial charge in [-0.25, -0.2) is 4.79 Å². The monoisotopic (exact) mass is 237 g/mol. The highest BCUT2D eigenvalue weighted by atomic mass is 16.4. The summed E-state index contributed by atoms with van der Waals surface area (Å²) in [6.45, 7) is 4.82. The number of allylic oxidation sites excluding steroid dienone is 1. The van der Waals surface area contributed by atoms with Gasteiger partial charge in [-0.15, -0.1) is 0 Å². The van der Waals surface area contributed by atoms with E-state index in [1.165, 1.54) is 32.0 Å². The van der Waals surface area contributed by atoms with Crippen LogP contribution in [0, 0.1) is 5.92 Å². The van der Waals surface area contributed by atoms with E-state index in [2.05, 4.69) is 11.8 Å². The highest BCUT2D eigenvalue weighted by Crippen LogP contribution is 2.29. The van der Waals surface area contributed by atoms with Gasteiger partial charge in [0.25, 0.3) is 0 Å². The van der Waals surface area contributed by atoms with Crippen molar-refractivity contribution in [3.05, 3.63) is 11.6 Å². The van der Waals surface area contributed by atoms with Crippen LogP contribution in [-0.2, 0) is 4.79 Å². The second kappa shape index (κ2) is 5.67. The van der Waals surface area contributed by atoms with Crippen LogP contribution in [0.5, 0.6) is 0 Å². The van der Waals surface area contributed by atoms with Crippen LogP contribution in [-0.4, -0.2) is 35.1 Å². The smallest absolute Gasteiger partial charge is 0.328 e. The standard InChI is InChI=1S/C14H23NO2/c1-11-6-8-15(9-7-11)13-4-2-12(3-5-13)10-14(16)17/h10-11,13H,2-9H2,1H3,(H,16,17). The second-order valence-electron chi connectivity index (χ2n) is 5.59. The molecule has 17 heavy (non-hydrogen) atoms. The lowest BCUT2D eigenvalue weighted by Gasteiger charge is -2.39. The predicted molar refractivity (Wildman–Crippen MR) is 67.9 cm³/mol. The number of piperidine rings is 1. The number of likely N-dealkylation sites (tertiary alicyclic amines) is 1. The van der Waals surface area contributed by atoms with E-state index in [0.717, 1.165) is 37.2 Å². The van der Waals surface area contributed by atoms with Crippen LogP contribution < -0.4 is 0 Å². The Bertz CT molecular complexity index is 293. The van der Waals surface area contributed by atoms with Gasteiger partial charge in [0.15, 0.2) is 0 Å². The summed E-state index contributed by atoms with van der Waals surface area (Å²) in [6.07, 6.45) is 8.31. The molecular formula is C14H23NO2. The molecule has 2 aliphatic rings. The molecule has 3 heteroatoms. The van der Waals surface area contributed by atoms with Gasteiger partial charge in [0.05, 0.1) is 0 Å². The zero-order valence-electron chi connectivity index (χ0n) is 10.7. The Morgan fingerprint density at radius 3 is 2.35 bits per heavy atom. The highest BCUT2D eigenvalue weighted by Gasteiger charge is 2.25. The lowest BCUT2D eigenvalue weighted by Crippen LogP contribution is -2.42. The van der Waals surface area contributed by atoms with Crippen LogP contribution in [0.3, 0.4) is 0 Å². The molecule has 1 aliphatic heterocycles. The van der Waals surface area contributed by atoms with Gasteiger partial charge in [-0.3, -0.25) is 0 Å². The SMILES string of the molecule is CC1CCN(C2CCC(=CC(=O)O)CC2)CC1. The summed E-state index contributed by atoms with van der Waals surface area (Å²) >= 11 is 0. The molecule has 3 nitrogen and oxygen atoms in total. The summed E-state index contributed by atoms with van der Waals surface area (Å²) < 4.78 is 0. The van der Waals surface area contributed by atoms with Crippen LogP contribution in [0.1, 0.15) is 45.4 Å². The fourth-order valence-corrected chi connectivity index (χ4v) is 3.05. The van der Waals surface area contributed by atoms with Crippen molar-refractivity contribution in [2.24, 2.45) is 5.92 Å². The van der Waals surface area contributed by atoms with Gasteiger partial charge in [0.1, 0.15) is 0 Å². The van der Waals surface area contributed by atoms with Crippen molar-refractivity contribution in [3.63, 3.8) is 0 Å². The lowest BCUT2D eigenvalue weighted by molar-refractivity contribution is -0.131. The third-order valence-corrected chi connectivity index (χ3v) is 4.26. The van der Waals surface area contributed by atoms with E-state index in [4.69, 9.17) is 5.11 Å². The molecule has 1 saturated carbocycles. The summed E-state index contributed by atoms with van der Waals surface area (Å²) in [4.78, 5) is 13.2. The van der Waals surface area contributed by atoms with Crippen molar-refractivity contribution in [2.75, 3.05) is 13.1 Å². The van der Waals surface area contributed by atoms with Crippen LogP contribution in [0.15, 0.2) is 11.6 Å². The van der Waals surface area contributed by atoms with E-state index in [1.807, 2.05) is 0 Å². The van der Waals surface area contributed by atoms with E-state index >= 15 is 0 Å². The van der Waals surface area contributed by atoms with Crippen LogP contribution in [0.2, 0.25) is 0 Å². The van der Waals surface area contributed by atoms with Gasteiger partial charge < -0.3 is 10.0 Å². The fourth-order valence-electron chi connectivity index (χ4n) is 3.05. The molecule has 0 amide bonds. The zero-order valence-corrected chi connectivity index (χ0v) is 10.7. The molecule has 0 spiro atoms. The molecular weight excluding hydrogens is 214 g/mol. The van der Waals surface area contributed by atoms with Crippen LogP contribution >= 0.6 is 0 Å². The third kappa shape index (κ3) is 3.56. The van der Waals surface area contributed by atoms with Crippen LogP contribution in [0.25, 0.3) is 0 Å². The Hall–Kier alpha value is -0.830. The van der Waals surface area contributed by atoms with Crippen molar-refractivity contribution in [1.29, 1.82) is 0 Å². The van der Waals surface area contributed by atoms with Crippen molar-refractivity contribution in [2.45, 2.75) is 51.5 Å². The van der Waals surface area contributed by atoms with Crippen molar-refractivity contribution in [1.82, 2.24) is 4.90 Å².